The summed E-state index contributed by atoms with van der Waals surface area (Å²) in [6.07, 6.45) is 2.90. The fourth-order valence-electron chi connectivity index (χ4n) is 3.88. The van der Waals surface area contributed by atoms with E-state index in [1.54, 1.807) is 6.07 Å². The third-order valence-corrected chi connectivity index (χ3v) is 8.31. The average Bonchev–Trinajstić information content (AvgIpc) is 2.90. The first-order valence-corrected chi connectivity index (χ1v) is 13.2. The molecule has 0 unspecified atom stereocenters. The first-order chi connectivity index (χ1) is 16.8. The van der Waals surface area contributed by atoms with Crippen LogP contribution >= 0.6 is 7.92 Å². The third-order valence-electron chi connectivity index (χ3n) is 5.58. The van der Waals surface area contributed by atoms with Gasteiger partial charge in [0.2, 0.25) is 0 Å². The van der Waals surface area contributed by atoms with Crippen molar-refractivity contribution in [2.24, 2.45) is 0 Å². The number of rotatable bonds is 6. The minimum atomic E-state index is -0.877. The molecule has 0 bridgehead atoms. The molecule has 0 aliphatic rings. The summed E-state index contributed by atoms with van der Waals surface area (Å²) in [4.78, 5) is 11.6. The van der Waals surface area contributed by atoms with Crippen molar-refractivity contribution in [3.05, 3.63) is 138 Å². The van der Waals surface area contributed by atoms with Crippen molar-refractivity contribution in [2.45, 2.75) is 26.2 Å². The first kappa shape index (κ1) is 26.9. The molecule has 180 valence electrons. The van der Waals surface area contributed by atoms with Gasteiger partial charge < -0.3 is 4.42 Å². The van der Waals surface area contributed by atoms with Crippen LogP contribution < -0.4 is 21.5 Å². The summed E-state index contributed by atoms with van der Waals surface area (Å²) in [5.41, 5.74) is -0.254. The summed E-state index contributed by atoms with van der Waals surface area (Å²) in [5.74, 6) is 0.667. The number of unbranched alkanes of at least 4 members (excludes halogenated alkanes) is 1. The summed E-state index contributed by atoms with van der Waals surface area (Å²) in [7, 11) is -0.877. The Hall–Kier alpha value is -2.74. The van der Waals surface area contributed by atoms with Gasteiger partial charge in [0.1, 0.15) is 15.9 Å². The Kier molecular flexibility index (Phi) is 10.7. The van der Waals surface area contributed by atoms with Gasteiger partial charge in [-0.3, -0.25) is 4.79 Å². The van der Waals surface area contributed by atoms with Gasteiger partial charge in [0.15, 0.2) is 0 Å². The van der Waals surface area contributed by atoms with E-state index in [4.69, 9.17) is 4.42 Å². The summed E-state index contributed by atoms with van der Waals surface area (Å²) >= 11 is 0. The molecule has 35 heavy (non-hydrogen) atoms. The fraction of sp³-hybridized carbons (Fsp3) is 0.129. The average molecular weight is 662 g/mol. The Bertz CT molecular complexity index is 1260. The van der Waals surface area contributed by atoms with Crippen LogP contribution in [0.4, 0.5) is 0 Å². The molecule has 5 rings (SSSR count). The Morgan fingerprint density at radius 1 is 0.686 bits per heavy atom. The molecule has 1 aromatic heterocycles. The van der Waals surface area contributed by atoms with E-state index in [0.717, 1.165) is 24.6 Å². The molecule has 0 spiro atoms. The van der Waals surface area contributed by atoms with Gasteiger partial charge >= 0.3 is 22.4 Å². The zero-order valence-electron chi connectivity index (χ0n) is 19.7. The second-order valence-electron chi connectivity index (χ2n) is 8.06. The molecule has 4 heteroatoms. The van der Waals surface area contributed by atoms with Gasteiger partial charge in [-0.25, -0.2) is 0 Å². The van der Waals surface area contributed by atoms with Crippen LogP contribution in [0.1, 0.15) is 25.5 Å². The predicted octanol–water partition coefficient (Wildman–Crippen LogP) is 6.11. The van der Waals surface area contributed by atoms with E-state index >= 15 is 0 Å². The quantitative estimate of drug-likeness (QED) is 0.125. The van der Waals surface area contributed by atoms with Crippen molar-refractivity contribution < 1.29 is 26.8 Å². The van der Waals surface area contributed by atoms with Crippen molar-refractivity contribution in [1.82, 2.24) is 0 Å². The topological polar surface area (TPSA) is 30.2 Å². The Morgan fingerprint density at radius 2 is 1.14 bits per heavy atom. The summed E-state index contributed by atoms with van der Waals surface area (Å²) in [6.45, 7) is 2.11. The molecule has 0 aliphatic heterocycles. The first-order valence-electron chi connectivity index (χ1n) is 11.7. The number of hydrogen-bond donors (Lipinski definition) is 0. The van der Waals surface area contributed by atoms with E-state index in [9.17, 15) is 4.79 Å². The Labute approximate surface area is 224 Å². The zero-order chi connectivity index (χ0) is 23.6. The van der Waals surface area contributed by atoms with Gasteiger partial charge in [-0.1, -0.05) is 74.0 Å². The second-order valence-corrected chi connectivity index (χ2v) is 10.5. The predicted molar refractivity (Wildman–Crippen MR) is 146 cm³/mol. The zero-order valence-corrected chi connectivity index (χ0v) is 22.9. The number of hydrogen-bond acceptors (Lipinski definition) is 2. The van der Waals surface area contributed by atoms with Crippen molar-refractivity contribution in [2.75, 3.05) is 0 Å². The Balaban J connectivity index is 0.000000195. The van der Waals surface area contributed by atoms with Gasteiger partial charge in [0.05, 0.1) is 7.92 Å². The molecule has 1 heterocycles. The molecule has 4 aromatic carbocycles. The number of benzene rings is 4. The standard InChI is InChI=1S/C18H15P.C13H13O2.Au/c1-4-10-16(11-5-1)19(17-12-6-2-7-13-17)18-14-8-3-9-15-18;1-2-3-7-11-9-10-6-4-5-8-12(10)13(14)15-11;/h1-15H;4-6,8H,2-3,7H2,1H3;/q;-1;+1/p+1. The van der Waals surface area contributed by atoms with Crippen LogP contribution in [-0.4, -0.2) is 0 Å². The summed E-state index contributed by atoms with van der Waals surface area (Å²) in [6, 6.07) is 43.0. The Morgan fingerprint density at radius 3 is 1.63 bits per heavy atom. The van der Waals surface area contributed by atoms with Crippen molar-refractivity contribution in [3.63, 3.8) is 0 Å². The number of aryl methyl sites for hydroxylation is 1. The van der Waals surface area contributed by atoms with Crippen LogP contribution in [0.3, 0.4) is 0 Å². The molecule has 0 N–H and O–H groups in total. The van der Waals surface area contributed by atoms with Gasteiger partial charge in [-0.05, 0) is 54.6 Å². The number of fused-ring (bicyclic) bond motifs is 1. The molecule has 0 atom stereocenters. The second kappa shape index (κ2) is 14.0. The monoisotopic (exact) mass is 661 g/mol. The van der Waals surface area contributed by atoms with E-state index in [2.05, 4.69) is 104 Å². The van der Waals surface area contributed by atoms with Crippen molar-refractivity contribution >= 4 is 34.6 Å². The van der Waals surface area contributed by atoms with E-state index in [0.29, 0.717) is 11.1 Å². The van der Waals surface area contributed by atoms with Crippen LogP contribution in [0.2, 0.25) is 0 Å². The largest absolute Gasteiger partial charge is 1.00 e. The molecule has 0 fully saturated rings. The van der Waals surface area contributed by atoms with Crippen LogP contribution in [0, 0.1) is 6.07 Å². The molecule has 0 saturated carbocycles. The molecular weight excluding hydrogens is 632 g/mol. The van der Waals surface area contributed by atoms with Gasteiger partial charge in [-0.15, -0.1) is 18.2 Å². The van der Waals surface area contributed by atoms with E-state index in [1.807, 2.05) is 18.2 Å². The van der Waals surface area contributed by atoms with Gasteiger partial charge in [0.25, 0.3) is 5.63 Å². The SMILES string of the molecule is CCCCc1[c-]c2ccccc2c(=O)o1.[Au+].c1ccc([PH+](c2ccccc2)c2ccccc2)cc1. The van der Waals surface area contributed by atoms with Gasteiger partial charge in [0, 0.05) is 5.76 Å². The minimum absolute atomic E-state index is 0. The fourth-order valence-corrected chi connectivity index (χ4v) is 6.46. The van der Waals surface area contributed by atoms with E-state index < -0.39 is 7.92 Å². The molecule has 2 nitrogen and oxygen atoms in total. The summed E-state index contributed by atoms with van der Waals surface area (Å²) in [5, 5.41) is 5.76. The maximum atomic E-state index is 11.6. The van der Waals surface area contributed by atoms with Crippen LogP contribution in [0.25, 0.3) is 10.8 Å². The molecule has 5 aromatic rings. The molecule has 0 amide bonds. The molecule has 0 radical (unpaired) electrons. The smallest absolute Gasteiger partial charge is 0.450 e. The van der Waals surface area contributed by atoms with Crippen molar-refractivity contribution in [3.8, 4) is 0 Å². The van der Waals surface area contributed by atoms with Crippen LogP contribution in [-0.2, 0) is 28.8 Å². The normalized spacial score (nSPS) is 10.3. The van der Waals surface area contributed by atoms with Crippen molar-refractivity contribution in [1.29, 1.82) is 0 Å². The third kappa shape index (κ3) is 7.37. The summed E-state index contributed by atoms with van der Waals surface area (Å²) < 4.78 is 5.18. The van der Waals surface area contributed by atoms with Crippen LogP contribution in [0.5, 0.6) is 0 Å². The molecule has 0 saturated heterocycles. The molecule has 0 aliphatic carbocycles. The van der Waals surface area contributed by atoms with E-state index in [1.165, 1.54) is 15.9 Å². The van der Waals surface area contributed by atoms with E-state index in [-0.39, 0.29) is 28.0 Å². The minimum Gasteiger partial charge on any atom is -0.450 e. The van der Waals surface area contributed by atoms with Gasteiger partial charge in [-0.2, -0.15) is 11.5 Å². The van der Waals surface area contributed by atoms with Crippen LogP contribution in [0.15, 0.2) is 124 Å². The maximum Gasteiger partial charge on any atom is 1.00 e. The maximum absolute atomic E-state index is 11.6. The molecular formula is C31H29AuO2P+.